The molecule has 0 heterocycles. The van der Waals surface area contributed by atoms with Crippen LogP contribution in [0.5, 0.6) is 0 Å². The molecule has 0 spiro atoms. The minimum absolute atomic E-state index is 0.639. The first-order valence-electron chi connectivity index (χ1n) is 5.26. The average molecular weight is 250 g/mol. The van der Waals surface area contributed by atoms with Gasteiger partial charge in [-0.05, 0) is 19.1 Å². The number of aliphatic carboxylic acids is 1. The number of nitrogens with one attached hydrogen (secondary N) is 1. The average Bonchev–Trinajstić information content (AvgIpc) is 2.33. The molecule has 2 rings (SSSR count). The highest BCUT2D eigenvalue weighted by Gasteiger charge is 2.12. The maximum Gasteiger partial charge on any atom is 0.325 e. The van der Waals surface area contributed by atoms with Crippen molar-refractivity contribution in [3.63, 3.8) is 0 Å². The molecule has 2 N–H and O–H groups in total. The summed E-state index contributed by atoms with van der Waals surface area (Å²) >= 11 is 6.08. The monoisotopic (exact) mass is 249 g/mol. The molecule has 0 fully saturated rings. The number of carbonyl (C=O) groups is 1. The summed E-state index contributed by atoms with van der Waals surface area (Å²) in [4.78, 5) is 10.8. The third kappa shape index (κ3) is 2.34. The van der Waals surface area contributed by atoms with Crippen LogP contribution in [-0.4, -0.2) is 17.1 Å². The molecule has 0 aliphatic heterocycles. The van der Waals surface area contributed by atoms with Crippen molar-refractivity contribution in [3.05, 3.63) is 41.4 Å². The minimum Gasteiger partial charge on any atom is -0.480 e. The maximum atomic E-state index is 10.8. The summed E-state index contributed by atoms with van der Waals surface area (Å²) in [7, 11) is 0. The molecule has 0 unspecified atom stereocenters. The fraction of sp³-hybridized carbons (Fsp3) is 0.154. The molecule has 0 aliphatic carbocycles. The van der Waals surface area contributed by atoms with Gasteiger partial charge in [0.2, 0.25) is 0 Å². The Morgan fingerprint density at radius 1 is 1.24 bits per heavy atom. The number of carboxylic acids is 1. The third-order valence-electron chi connectivity index (χ3n) is 2.61. The van der Waals surface area contributed by atoms with Gasteiger partial charge in [0, 0.05) is 21.5 Å². The van der Waals surface area contributed by atoms with E-state index in [1.54, 1.807) is 19.1 Å². The Bertz CT molecular complexity index is 568. The number of benzene rings is 2. The summed E-state index contributed by atoms with van der Waals surface area (Å²) in [5.41, 5.74) is 0.778. The minimum atomic E-state index is -0.885. The molecule has 0 bridgehead atoms. The summed E-state index contributed by atoms with van der Waals surface area (Å²) < 4.78 is 0. The summed E-state index contributed by atoms with van der Waals surface area (Å²) in [5.74, 6) is -0.885. The number of carboxylic acid groups (broad SMARTS) is 1. The molecule has 88 valence electrons. The predicted octanol–water partition coefficient (Wildman–Crippen LogP) is 3.38. The van der Waals surface area contributed by atoms with Crippen LogP contribution < -0.4 is 5.32 Å². The zero-order chi connectivity index (χ0) is 12.4. The first kappa shape index (κ1) is 11.7. The van der Waals surface area contributed by atoms with Gasteiger partial charge >= 0.3 is 5.97 Å². The van der Waals surface area contributed by atoms with Crippen LogP contribution in [0, 0.1) is 0 Å². The van der Waals surface area contributed by atoms with Crippen LogP contribution in [0.1, 0.15) is 6.92 Å². The van der Waals surface area contributed by atoms with Gasteiger partial charge < -0.3 is 10.4 Å². The normalized spacial score (nSPS) is 12.4. The lowest BCUT2D eigenvalue weighted by molar-refractivity contribution is -0.137. The molecule has 0 radical (unpaired) electrons. The lowest BCUT2D eigenvalue weighted by Gasteiger charge is -2.13. The van der Waals surface area contributed by atoms with Crippen molar-refractivity contribution in [1.29, 1.82) is 0 Å². The number of anilines is 1. The van der Waals surface area contributed by atoms with Crippen LogP contribution in [0.25, 0.3) is 10.8 Å². The summed E-state index contributed by atoms with van der Waals surface area (Å²) in [6, 6.07) is 10.5. The van der Waals surface area contributed by atoms with Crippen molar-refractivity contribution in [2.75, 3.05) is 5.32 Å². The van der Waals surface area contributed by atoms with Gasteiger partial charge in [0.25, 0.3) is 0 Å². The van der Waals surface area contributed by atoms with E-state index in [-0.39, 0.29) is 0 Å². The van der Waals surface area contributed by atoms with Gasteiger partial charge in [-0.25, -0.2) is 0 Å². The van der Waals surface area contributed by atoms with Crippen molar-refractivity contribution in [3.8, 4) is 0 Å². The Morgan fingerprint density at radius 3 is 2.53 bits per heavy atom. The lowest BCUT2D eigenvalue weighted by Crippen LogP contribution is -2.25. The van der Waals surface area contributed by atoms with Crippen molar-refractivity contribution >= 4 is 34.0 Å². The highest BCUT2D eigenvalue weighted by molar-refractivity contribution is 6.36. The van der Waals surface area contributed by atoms with Gasteiger partial charge in [0.1, 0.15) is 6.04 Å². The van der Waals surface area contributed by atoms with Crippen LogP contribution >= 0.6 is 11.6 Å². The molecule has 2 aromatic carbocycles. The predicted molar refractivity (Wildman–Crippen MR) is 69.7 cm³/mol. The third-order valence-corrected chi connectivity index (χ3v) is 2.94. The standard InChI is InChI=1S/C13H12ClNO2/c1-8(13(16)17)15-12-7-6-11(14)9-4-2-3-5-10(9)12/h2-8,15H,1H3,(H,16,17)/t8-/m0/s1. The summed E-state index contributed by atoms with van der Waals surface area (Å²) in [6.45, 7) is 1.60. The van der Waals surface area contributed by atoms with E-state index >= 15 is 0 Å². The van der Waals surface area contributed by atoms with Crippen LogP contribution in [0.4, 0.5) is 5.69 Å². The van der Waals surface area contributed by atoms with Crippen molar-refractivity contribution in [1.82, 2.24) is 0 Å². The second-order valence-corrected chi connectivity index (χ2v) is 4.25. The van der Waals surface area contributed by atoms with Crippen LogP contribution in [-0.2, 0) is 4.79 Å². The maximum absolute atomic E-state index is 10.8. The SMILES string of the molecule is C[C@H](Nc1ccc(Cl)c2ccccc12)C(=O)O. The molecular weight excluding hydrogens is 238 g/mol. The molecule has 0 aliphatic rings. The van der Waals surface area contributed by atoms with Gasteiger partial charge in [0.05, 0.1) is 0 Å². The number of hydrogen-bond donors (Lipinski definition) is 2. The van der Waals surface area contributed by atoms with E-state index in [2.05, 4.69) is 5.32 Å². The second-order valence-electron chi connectivity index (χ2n) is 3.84. The Labute approximate surface area is 104 Å². The quantitative estimate of drug-likeness (QED) is 0.877. The van der Waals surface area contributed by atoms with Gasteiger partial charge in [-0.2, -0.15) is 0 Å². The van der Waals surface area contributed by atoms with E-state index in [0.29, 0.717) is 5.02 Å². The summed E-state index contributed by atoms with van der Waals surface area (Å²) in [5, 5.41) is 14.3. The second kappa shape index (κ2) is 4.63. The van der Waals surface area contributed by atoms with Crippen LogP contribution in [0.2, 0.25) is 5.02 Å². The number of hydrogen-bond acceptors (Lipinski definition) is 2. The van der Waals surface area contributed by atoms with E-state index in [4.69, 9.17) is 16.7 Å². The number of rotatable bonds is 3. The highest BCUT2D eigenvalue weighted by atomic mass is 35.5. The smallest absolute Gasteiger partial charge is 0.325 e. The van der Waals surface area contributed by atoms with Crippen LogP contribution in [0.15, 0.2) is 36.4 Å². The van der Waals surface area contributed by atoms with Gasteiger partial charge in [0.15, 0.2) is 0 Å². The van der Waals surface area contributed by atoms with E-state index in [9.17, 15) is 4.79 Å². The first-order chi connectivity index (χ1) is 8.09. The fourth-order valence-corrected chi connectivity index (χ4v) is 1.91. The zero-order valence-corrected chi connectivity index (χ0v) is 10.0. The van der Waals surface area contributed by atoms with E-state index in [1.165, 1.54) is 0 Å². The lowest BCUT2D eigenvalue weighted by atomic mass is 10.1. The fourth-order valence-electron chi connectivity index (χ4n) is 1.68. The largest absolute Gasteiger partial charge is 0.480 e. The Hall–Kier alpha value is -1.74. The van der Waals surface area contributed by atoms with Gasteiger partial charge in [-0.3, -0.25) is 4.79 Å². The van der Waals surface area contributed by atoms with E-state index < -0.39 is 12.0 Å². The molecule has 0 aromatic heterocycles. The Morgan fingerprint density at radius 2 is 1.88 bits per heavy atom. The summed E-state index contributed by atoms with van der Waals surface area (Å²) in [6.07, 6.45) is 0. The van der Waals surface area contributed by atoms with Crippen molar-refractivity contribution in [2.45, 2.75) is 13.0 Å². The molecule has 2 aromatic rings. The number of halogens is 1. The molecule has 4 heteroatoms. The van der Waals surface area contributed by atoms with Crippen molar-refractivity contribution in [2.24, 2.45) is 0 Å². The molecular formula is C13H12ClNO2. The Kier molecular flexibility index (Phi) is 3.20. The highest BCUT2D eigenvalue weighted by Crippen LogP contribution is 2.29. The molecule has 0 saturated heterocycles. The van der Waals surface area contributed by atoms with E-state index in [1.807, 2.05) is 24.3 Å². The molecule has 0 amide bonds. The topological polar surface area (TPSA) is 49.3 Å². The van der Waals surface area contributed by atoms with E-state index in [0.717, 1.165) is 16.5 Å². The van der Waals surface area contributed by atoms with Gasteiger partial charge in [-0.1, -0.05) is 35.9 Å². The molecule has 3 nitrogen and oxygen atoms in total. The Balaban J connectivity index is 2.48. The number of fused-ring (bicyclic) bond motifs is 1. The molecule has 1 atom stereocenters. The zero-order valence-electron chi connectivity index (χ0n) is 9.27. The molecule has 0 saturated carbocycles. The first-order valence-corrected chi connectivity index (χ1v) is 5.64. The molecule has 17 heavy (non-hydrogen) atoms. The van der Waals surface area contributed by atoms with Crippen molar-refractivity contribution < 1.29 is 9.90 Å². The van der Waals surface area contributed by atoms with Crippen LogP contribution in [0.3, 0.4) is 0 Å². The van der Waals surface area contributed by atoms with Gasteiger partial charge in [-0.15, -0.1) is 0 Å².